The monoisotopic (exact) mass is 352 g/mol. The molecular weight excluding hydrogens is 328 g/mol. The lowest BCUT2D eigenvalue weighted by molar-refractivity contribution is 0.0786. The van der Waals surface area contributed by atoms with Gasteiger partial charge in [-0.25, -0.2) is 4.98 Å². The molecule has 1 amide bonds. The standard InChI is InChI=1S/C20H24N4O2/c1-12-21-18-16(19(25)22-12)8-7-14-10-24(11-17(14)18)20(26)13-5-4-6-15(9-13)23(2)3/h4-6,9,14,17H,7-8,10-11H2,1-3H3,(H,21,22,25)/t14-,17+/m1/s1. The number of H-pyrrole nitrogens is 1. The number of nitrogens with zero attached hydrogens (tertiary/aromatic N) is 3. The zero-order chi connectivity index (χ0) is 18.4. The molecule has 4 rings (SSSR count). The van der Waals surface area contributed by atoms with Gasteiger partial charge in [-0.2, -0.15) is 0 Å². The third-order valence-electron chi connectivity index (χ3n) is 5.62. The lowest BCUT2D eigenvalue weighted by Crippen LogP contribution is -2.29. The summed E-state index contributed by atoms with van der Waals surface area (Å²) in [5, 5.41) is 0. The SMILES string of the molecule is Cc1nc2c(c(=O)[nH]1)CC[C@@H]1CN(C(=O)c3cccc(N(C)C)c3)C[C@H]21. The first-order chi connectivity index (χ1) is 12.4. The fourth-order valence-corrected chi connectivity index (χ4v) is 4.25. The molecule has 0 bridgehead atoms. The van der Waals surface area contributed by atoms with Crippen LogP contribution in [0.3, 0.4) is 0 Å². The summed E-state index contributed by atoms with van der Waals surface area (Å²) in [6.07, 6.45) is 1.68. The number of hydrogen-bond acceptors (Lipinski definition) is 4. The number of benzene rings is 1. The molecule has 2 atom stereocenters. The van der Waals surface area contributed by atoms with Gasteiger partial charge in [0.2, 0.25) is 0 Å². The van der Waals surface area contributed by atoms with Crippen molar-refractivity contribution in [3.05, 3.63) is 57.3 Å². The molecule has 0 spiro atoms. The Morgan fingerprint density at radius 2 is 2.12 bits per heavy atom. The van der Waals surface area contributed by atoms with Crippen molar-refractivity contribution in [3.63, 3.8) is 0 Å². The van der Waals surface area contributed by atoms with E-state index >= 15 is 0 Å². The van der Waals surface area contributed by atoms with E-state index in [4.69, 9.17) is 0 Å². The third-order valence-corrected chi connectivity index (χ3v) is 5.62. The van der Waals surface area contributed by atoms with E-state index in [1.165, 1.54) is 0 Å². The molecule has 1 N–H and O–H groups in total. The molecule has 0 radical (unpaired) electrons. The largest absolute Gasteiger partial charge is 0.378 e. The summed E-state index contributed by atoms with van der Waals surface area (Å²) in [7, 11) is 3.94. The summed E-state index contributed by atoms with van der Waals surface area (Å²) in [6, 6.07) is 7.73. The van der Waals surface area contributed by atoms with E-state index in [9.17, 15) is 9.59 Å². The van der Waals surface area contributed by atoms with Crippen LogP contribution in [0.5, 0.6) is 0 Å². The van der Waals surface area contributed by atoms with Crippen molar-refractivity contribution in [1.29, 1.82) is 0 Å². The molecule has 136 valence electrons. The van der Waals surface area contributed by atoms with Crippen LogP contribution in [-0.4, -0.2) is 48.0 Å². The summed E-state index contributed by atoms with van der Waals surface area (Å²) in [6.45, 7) is 3.19. The Bertz CT molecular complexity index is 918. The quantitative estimate of drug-likeness (QED) is 0.897. The van der Waals surface area contributed by atoms with E-state index in [2.05, 4.69) is 9.97 Å². The number of aromatic nitrogens is 2. The van der Waals surface area contributed by atoms with Crippen LogP contribution in [0.25, 0.3) is 0 Å². The first kappa shape index (κ1) is 16.8. The molecule has 1 aliphatic carbocycles. The van der Waals surface area contributed by atoms with Crippen molar-refractivity contribution in [2.24, 2.45) is 5.92 Å². The summed E-state index contributed by atoms with van der Waals surface area (Å²) in [5.74, 6) is 1.27. The zero-order valence-corrected chi connectivity index (χ0v) is 15.5. The number of rotatable bonds is 2. The molecule has 1 aromatic carbocycles. The molecule has 1 fully saturated rings. The van der Waals surface area contributed by atoms with Crippen molar-refractivity contribution in [2.45, 2.75) is 25.7 Å². The summed E-state index contributed by atoms with van der Waals surface area (Å²) < 4.78 is 0. The molecular formula is C20H24N4O2. The van der Waals surface area contributed by atoms with Gasteiger partial charge in [-0.15, -0.1) is 0 Å². The highest BCUT2D eigenvalue weighted by Gasteiger charge is 2.41. The summed E-state index contributed by atoms with van der Waals surface area (Å²) in [5.41, 5.74) is 3.42. The van der Waals surface area contributed by atoms with Crippen molar-refractivity contribution in [3.8, 4) is 0 Å². The van der Waals surface area contributed by atoms with Gasteiger partial charge in [0, 0.05) is 49.9 Å². The molecule has 2 aliphatic rings. The lowest BCUT2D eigenvalue weighted by atomic mass is 9.80. The summed E-state index contributed by atoms with van der Waals surface area (Å²) >= 11 is 0. The molecule has 0 unspecified atom stereocenters. The van der Waals surface area contributed by atoms with E-state index in [0.717, 1.165) is 36.3 Å². The first-order valence-corrected chi connectivity index (χ1v) is 9.10. The Morgan fingerprint density at radius 3 is 2.88 bits per heavy atom. The predicted octanol–water partition coefficient (Wildman–Crippen LogP) is 1.95. The summed E-state index contributed by atoms with van der Waals surface area (Å²) in [4.78, 5) is 36.6. The fraction of sp³-hybridized carbons (Fsp3) is 0.450. The van der Waals surface area contributed by atoms with E-state index in [-0.39, 0.29) is 17.4 Å². The van der Waals surface area contributed by atoms with Gasteiger partial charge in [-0.1, -0.05) is 6.07 Å². The normalized spacial score (nSPS) is 21.3. The lowest BCUT2D eigenvalue weighted by Gasteiger charge is -2.25. The number of anilines is 1. The van der Waals surface area contributed by atoms with Crippen LogP contribution in [0, 0.1) is 12.8 Å². The van der Waals surface area contributed by atoms with Crippen LogP contribution in [0.4, 0.5) is 5.69 Å². The maximum Gasteiger partial charge on any atom is 0.254 e. The second-order valence-corrected chi connectivity index (χ2v) is 7.58. The molecule has 6 heteroatoms. The van der Waals surface area contributed by atoms with Gasteiger partial charge in [0.05, 0.1) is 5.69 Å². The van der Waals surface area contributed by atoms with Gasteiger partial charge in [0.25, 0.3) is 11.5 Å². The number of fused-ring (bicyclic) bond motifs is 3. The number of carbonyl (C=O) groups is 1. The number of aryl methyl sites for hydroxylation is 1. The van der Waals surface area contributed by atoms with Gasteiger partial charge >= 0.3 is 0 Å². The van der Waals surface area contributed by atoms with Crippen LogP contribution in [0.15, 0.2) is 29.1 Å². The first-order valence-electron chi connectivity index (χ1n) is 9.10. The molecule has 6 nitrogen and oxygen atoms in total. The Labute approximate surface area is 152 Å². The maximum absolute atomic E-state index is 13.0. The van der Waals surface area contributed by atoms with Crippen LogP contribution < -0.4 is 10.5 Å². The van der Waals surface area contributed by atoms with Gasteiger partial charge < -0.3 is 14.8 Å². The van der Waals surface area contributed by atoms with Crippen molar-refractivity contribution in [1.82, 2.24) is 14.9 Å². The second-order valence-electron chi connectivity index (χ2n) is 7.58. The van der Waals surface area contributed by atoms with Gasteiger partial charge in [0.1, 0.15) is 5.82 Å². The van der Waals surface area contributed by atoms with E-state index < -0.39 is 0 Å². The number of amides is 1. The van der Waals surface area contributed by atoms with Crippen molar-refractivity contribution < 1.29 is 4.79 Å². The van der Waals surface area contributed by atoms with Crippen LogP contribution in [0.2, 0.25) is 0 Å². The highest BCUT2D eigenvalue weighted by atomic mass is 16.2. The predicted molar refractivity (Wildman–Crippen MR) is 101 cm³/mol. The van der Waals surface area contributed by atoms with Gasteiger partial charge in [0.15, 0.2) is 0 Å². The Hall–Kier alpha value is -2.63. The Balaban J connectivity index is 1.61. The van der Waals surface area contributed by atoms with E-state index in [0.29, 0.717) is 23.9 Å². The number of nitrogens with one attached hydrogen (secondary N) is 1. The highest BCUT2D eigenvalue weighted by Crippen LogP contribution is 2.39. The third kappa shape index (κ3) is 2.79. The zero-order valence-electron chi connectivity index (χ0n) is 15.5. The molecule has 2 heterocycles. The Kier molecular flexibility index (Phi) is 4.05. The topological polar surface area (TPSA) is 69.3 Å². The number of aromatic amines is 1. The fourth-order valence-electron chi connectivity index (χ4n) is 4.25. The molecule has 2 aromatic rings. The minimum absolute atomic E-state index is 0.0191. The average Bonchev–Trinajstić information content (AvgIpc) is 3.05. The second kappa shape index (κ2) is 6.27. The number of carbonyl (C=O) groups excluding carboxylic acids is 1. The number of likely N-dealkylation sites (tertiary alicyclic amines) is 1. The van der Waals surface area contributed by atoms with Crippen molar-refractivity contribution in [2.75, 3.05) is 32.1 Å². The molecule has 26 heavy (non-hydrogen) atoms. The smallest absolute Gasteiger partial charge is 0.254 e. The van der Waals surface area contributed by atoms with E-state index in [1.54, 1.807) is 0 Å². The Morgan fingerprint density at radius 1 is 1.31 bits per heavy atom. The van der Waals surface area contributed by atoms with E-state index in [1.807, 2.05) is 55.1 Å². The molecule has 0 saturated carbocycles. The molecule has 1 aromatic heterocycles. The van der Waals surface area contributed by atoms with Gasteiger partial charge in [-0.05, 0) is 43.9 Å². The molecule has 1 saturated heterocycles. The minimum atomic E-state index is -0.0191. The molecule has 1 aliphatic heterocycles. The average molecular weight is 352 g/mol. The van der Waals surface area contributed by atoms with Crippen molar-refractivity contribution >= 4 is 11.6 Å². The minimum Gasteiger partial charge on any atom is -0.378 e. The van der Waals surface area contributed by atoms with Crippen LogP contribution in [0.1, 0.15) is 39.8 Å². The highest BCUT2D eigenvalue weighted by molar-refractivity contribution is 5.95. The number of hydrogen-bond donors (Lipinski definition) is 1. The van der Waals surface area contributed by atoms with Crippen LogP contribution in [-0.2, 0) is 6.42 Å². The maximum atomic E-state index is 13.0. The van der Waals surface area contributed by atoms with Crippen LogP contribution >= 0.6 is 0 Å². The van der Waals surface area contributed by atoms with Gasteiger partial charge in [-0.3, -0.25) is 9.59 Å².